The van der Waals surface area contributed by atoms with E-state index < -0.39 is 28.3 Å². The van der Waals surface area contributed by atoms with Gasteiger partial charge < -0.3 is 20.4 Å². The molecule has 0 saturated heterocycles. The van der Waals surface area contributed by atoms with E-state index in [-0.39, 0.29) is 17.1 Å². The summed E-state index contributed by atoms with van der Waals surface area (Å²) in [6.45, 7) is 5.69. The molecular formula is C19H20N4O4. The van der Waals surface area contributed by atoms with Crippen LogP contribution in [0, 0.1) is 5.41 Å². The van der Waals surface area contributed by atoms with Crippen molar-refractivity contribution in [1.82, 2.24) is 10.3 Å². The number of amides is 1. The smallest absolute Gasteiger partial charge is 0.288 e. The van der Waals surface area contributed by atoms with Crippen molar-refractivity contribution in [2.75, 3.05) is 10.6 Å². The van der Waals surface area contributed by atoms with Gasteiger partial charge in [-0.05, 0) is 24.3 Å². The molecule has 3 N–H and O–H groups in total. The van der Waals surface area contributed by atoms with Gasteiger partial charge in [-0.1, -0.05) is 20.8 Å². The molecule has 1 atom stereocenters. The van der Waals surface area contributed by atoms with Gasteiger partial charge in [-0.2, -0.15) is 0 Å². The standard InChI is InChI=1S/C19H20N4O4/c1-19(2,3)18(23-17(26)12-7-5-9-27-12)22-14-13(15(24)16(14)25)21-11-6-4-8-20-10-11/h4-10,18,21-22H,1-3H3,(H,23,26). The van der Waals surface area contributed by atoms with Crippen LogP contribution < -0.4 is 26.8 Å². The van der Waals surface area contributed by atoms with E-state index in [2.05, 4.69) is 20.9 Å². The molecule has 0 saturated carbocycles. The normalized spacial score (nSPS) is 12.6. The van der Waals surface area contributed by atoms with Gasteiger partial charge in [0.1, 0.15) is 17.5 Å². The molecule has 3 aromatic rings. The van der Waals surface area contributed by atoms with Crippen LogP contribution >= 0.6 is 0 Å². The molecule has 0 aliphatic carbocycles. The predicted octanol–water partition coefficient (Wildman–Crippen LogP) is 2.23. The van der Waals surface area contributed by atoms with E-state index in [1.54, 1.807) is 36.7 Å². The summed E-state index contributed by atoms with van der Waals surface area (Å²) >= 11 is 0. The van der Waals surface area contributed by atoms with Gasteiger partial charge >= 0.3 is 0 Å². The lowest BCUT2D eigenvalue weighted by atomic mass is 9.91. The Morgan fingerprint density at radius 3 is 2.44 bits per heavy atom. The number of rotatable bonds is 6. The van der Waals surface area contributed by atoms with Crippen molar-refractivity contribution in [3.8, 4) is 0 Å². The maximum absolute atomic E-state index is 12.3. The quantitative estimate of drug-likeness (QED) is 0.452. The summed E-state index contributed by atoms with van der Waals surface area (Å²) in [6, 6.07) is 6.60. The summed E-state index contributed by atoms with van der Waals surface area (Å²) < 4.78 is 5.10. The Kier molecular flexibility index (Phi) is 4.81. The number of carbonyl (C=O) groups is 1. The fourth-order valence-electron chi connectivity index (χ4n) is 2.45. The minimum absolute atomic E-state index is 0.128. The first-order valence-corrected chi connectivity index (χ1v) is 8.38. The molecule has 2 aromatic heterocycles. The fourth-order valence-corrected chi connectivity index (χ4v) is 2.45. The molecule has 27 heavy (non-hydrogen) atoms. The summed E-state index contributed by atoms with van der Waals surface area (Å²) in [5, 5.41) is 8.69. The zero-order valence-electron chi connectivity index (χ0n) is 15.2. The lowest BCUT2D eigenvalue weighted by molar-refractivity contribution is 0.0885. The maximum Gasteiger partial charge on any atom is 0.288 e. The lowest BCUT2D eigenvalue weighted by Gasteiger charge is -2.33. The highest BCUT2D eigenvalue weighted by Gasteiger charge is 2.31. The minimum atomic E-state index is -0.636. The summed E-state index contributed by atoms with van der Waals surface area (Å²) in [7, 11) is 0. The van der Waals surface area contributed by atoms with Gasteiger partial charge in [-0.15, -0.1) is 0 Å². The van der Waals surface area contributed by atoms with Crippen LogP contribution in [0.1, 0.15) is 31.3 Å². The summed E-state index contributed by atoms with van der Waals surface area (Å²) in [5.74, 6) is -0.266. The van der Waals surface area contributed by atoms with E-state index in [9.17, 15) is 14.4 Å². The Labute approximate surface area is 155 Å². The molecule has 0 spiro atoms. The van der Waals surface area contributed by atoms with E-state index >= 15 is 0 Å². The van der Waals surface area contributed by atoms with Crippen LogP contribution in [0.3, 0.4) is 0 Å². The van der Waals surface area contributed by atoms with Gasteiger partial charge in [0.15, 0.2) is 5.76 Å². The number of nitrogens with zero attached hydrogens (tertiary/aromatic N) is 1. The van der Waals surface area contributed by atoms with Crippen LogP contribution in [0.4, 0.5) is 17.1 Å². The number of hydrogen-bond donors (Lipinski definition) is 3. The van der Waals surface area contributed by atoms with Crippen molar-refractivity contribution < 1.29 is 9.21 Å². The molecule has 0 aliphatic heterocycles. The van der Waals surface area contributed by atoms with Crippen LogP contribution in [0.15, 0.2) is 56.9 Å². The maximum atomic E-state index is 12.3. The highest BCUT2D eigenvalue weighted by atomic mass is 16.3. The van der Waals surface area contributed by atoms with Crippen LogP contribution in [-0.2, 0) is 0 Å². The largest absolute Gasteiger partial charge is 0.459 e. The molecule has 8 nitrogen and oxygen atoms in total. The Hall–Kier alpha value is -3.42. The highest BCUT2D eigenvalue weighted by Crippen LogP contribution is 2.25. The van der Waals surface area contributed by atoms with Crippen molar-refractivity contribution in [2.24, 2.45) is 5.41 Å². The fraction of sp³-hybridized carbons (Fsp3) is 0.263. The zero-order valence-corrected chi connectivity index (χ0v) is 15.2. The van der Waals surface area contributed by atoms with Gasteiger partial charge in [0.25, 0.3) is 16.8 Å². The van der Waals surface area contributed by atoms with Crippen LogP contribution in [-0.4, -0.2) is 17.1 Å². The number of hydrogen-bond acceptors (Lipinski definition) is 7. The third-order valence-corrected chi connectivity index (χ3v) is 4.02. The van der Waals surface area contributed by atoms with Gasteiger partial charge in [0, 0.05) is 11.6 Å². The molecule has 140 valence electrons. The molecule has 2 heterocycles. The van der Waals surface area contributed by atoms with Crippen molar-refractivity contribution >= 4 is 23.0 Å². The number of nitrogens with one attached hydrogen (secondary N) is 3. The average molecular weight is 368 g/mol. The Balaban J connectivity index is 1.82. The third-order valence-electron chi connectivity index (χ3n) is 4.02. The minimum Gasteiger partial charge on any atom is -0.459 e. The summed E-state index contributed by atoms with van der Waals surface area (Å²) in [5.41, 5.74) is -0.847. The number of furan rings is 1. The van der Waals surface area contributed by atoms with E-state index in [1.807, 2.05) is 20.8 Å². The molecule has 0 fully saturated rings. The predicted molar refractivity (Wildman–Crippen MR) is 102 cm³/mol. The molecule has 8 heteroatoms. The average Bonchev–Trinajstić information content (AvgIpc) is 3.18. The van der Waals surface area contributed by atoms with Crippen molar-refractivity contribution in [3.05, 3.63) is 69.1 Å². The van der Waals surface area contributed by atoms with Crippen LogP contribution in [0.5, 0.6) is 0 Å². The number of anilines is 3. The van der Waals surface area contributed by atoms with Gasteiger partial charge in [-0.3, -0.25) is 19.4 Å². The molecule has 1 amide bonds. The SMILES string of the molecule is CC(C)(C)C(NC(=O)c1ccco1)Nc1c(Nc2cccnc2)c(=O)c1=O. The van der Waals surface area contributed by atoms with Crippen molar-refractivity contribution in [1.29, 1.82) is 0 Å². The zero-order chi connectivity index (χ0) is 19.6. The highest BCUT2D eigenvalue weighted by molar-refractivity contribution is 5.92. The van der Waals surface area contributed by atoms with Crippen molar-refractivity contribution in [3.63, 3.8) is 0 Å². The van der Waals surface area contributed by atoms with E-state index in [0.29, 0.717) is 5.69 Å². The first kappa shape index (κ1) is 18.4. The summed E-state index contributed by atoms with van der Waals surface area (Å²) in [6.07, 6.45) is 3.93. The molecule has 1 aromatic carbocycles. The Bertz CT molecular complexity index is 997. The number of pyridine rings is 1. The first-order valence-electron chi connectivity index (χ1n) is 8.38. The van der Waals surface area contributed by atoms with Gasteiger partial charge in [-0.25, -0.2) is 0 Å². The molecule has 0 radical (unpaired) electrons. The van der Waals surface area contributed by atoms with Crippen molar-refractivity contribution in [2.45, 2.75) is 26.9 Å². The van der Waals surface area contributed by atoms with Gasteiger partial charge in [0.2, 0.25) is 0 Å². The van der Waals surface area contributed by atoms with Crippen LogP contribution in [0.2, 0.25) is 0 Å². The second-order valence-electron chi connectivity index (χ2n) is 7.17. The van der Waals surface area contributed by atoms with Crippen LogP contribution in [0.25, 0.3) is 0 Å². The molecule has 0 bridgehead atoms. The summed E-state index contributed by atoms with van der Waals surface area (Å²) in [4.78, 5) is 40.4. The second kappa shape index (κ2) is 7.06. The van der Waals surface area contributed by atoms with E-state index in [1.165, 1.54) is 6.26 Å². The van der Waals surface area contributed by atoms with E-state index in [0.717, 1.165) is 0 Å². The topological polar surface area (TPSA) is 113 Å². The number of carbonyl (C=O) groups excluding carboxylic acids is 1. The van der Waals surface area contributed by atoms with E-state index in [4.69, 9.17) is 4.42 Å². The monoisotopic (exact) mass is 368 g/mol. The molecule has 3 rings (SSSR count). The number of aromatic nitrogens is 1. The van der Waals surface area contributed by atoms with Gasteiger partial charge in [0.05, 0.1) is 18.1 Å². The molecular weight excluding hydrogens is 348 g/mol. The lowest BCUT2D eigenvalue weighted by Crippen LogP contribution is -2.51. The molecule has 0 aliphatic rings. The molecule has 1 unspecified atom stereocenters. The Morgan fingerprint density at radius 2 is 1.85 bits per heavy atom. The second-order valence-corrected chi connectivity index (χ2v) is 7.17. The third kappa shape index (κ3) is 3.89. The Morgan fingerprint density at radius 1 is 1.11 bits per heavy atom. The first-order chi connectivity index (χ1) is 12.8.